The van der Waals surface area contributed by atoms with Crippen molar-refractivity contribution in [2.24, 2.45) is 11.8 Å². The number of hydrogen-bond acceptors (Lipinski definition) is 2. The van der Waals surface area contributed by atoms with Gasteiger partial charge < -0.3 is 10.4 Å². The molecule has 1 fully saturated rings. The largest absolute Gasteiger partial charge is 0.479 e. The van der Waals surface area contributed by atoms with Gasteiger partial charge in [0.15, 0.2) is 0 Å². The SMILES string of the molecule is CC(C)C1CCCCC1(Nc1ccccc1)C(=O)O. The van der Waals surface area contributed by atoms with E-state index in [4.69, 9.17) is 0 Å². The molecule has 1 aliphatic carbocycles. The molecule has 0 amide bonds. The van der Waals surface area contributed by atoms with Crippen LogP contribution in [0, 0.1) is 11.8 Å². The zero-order valence-electron chi connectivity index (χ0n) is 11.7. The standard InChI is InChI=1S/C16H23NO2/c1-12(2)14-10-6-7-11-16(14,15(18)19)17-13-8-4-3-5-9-13/h3-5,8-9,12,14,17H,6-7,10-11H2,1-2H3,(H,18,19). The fraction of sp³-hybridized carbons (Fsp3) is 0.562. The average molecular weight is 261 g/mol. The van der Waals surface area contributed by atoms with Crippen LogP contribution in [0.25, 0.3) is 0 Å². The highest BCUT2D eigenvalue weighted by Gasteiger charge is 2.48. The summed E-state index contributed by atoms with van der Waals surface area (Å²) in [5.74, 6) is -0.165. The third-order valence-corrected chi connectivity index (χ3v) is 4.30. The summed E-state index contributed by atoms with van der Waals surface area (Å²) < 4.78 is 0. The Morgan fingerprint density at radius 1 is 1.32 bits per heavy atom. The Hall–Kier alpha value is -1.51. The summed E-state index contributed by atoms with van der Waals surface area (Å²) in [6.07, 6.45) is 3.81. The van der Waals surface area contributed by atoms with E-state index in [0.29, 0.717) is 12.3 Å². The predicted molar refractivity (Wildman–Crippen MR) is 77.2 cm³/mol. The number of para-hydroxylation sites is 1. The molecule has 104 valence electrons. The Labute approximate surface area is 115 Å². The van der Waals surface area contributed by atoms with Gasteiger partial charge in [0.2, 0.25) is 0 Å². The molecule has 1 aliphatic rings. The van der Waals surface area contributed by atoms with E-state index in [1.807, 2.05) is 30.3 Å². The lowest BCUT2D eigenvalue weighted by atomic mass is 9.67. The van der Waals surface area contributed by atoms with Gasteiger partial charge in [-0.25, -0.2) is 4.79 Å². The highest BCUT2D eigenvalue weighted by Crippen LogP contribution is 2.41. The highest BCUT2D eigenvalue weighted by atomic mass is 16.4. The second-order valence-electron chi connectivity index (χ2n) is 5.86. The van der Waals surface area contributed by atoms with Crippen LogP contribution in [0.1, 0.15) is 39.5 Å². The van der Waals surface area contributed by atoms with Crippen LogP contribution in [0.4, 0.5) is 5.69 Å². The summed E-state index contributed by atoms with van der Waals surface area (Å²) in [6, 6.07) is 9.70. The number of carbonyl (C=O) groups is 1. The van der Waals surface area contributed by atoms with Crippen molar-refractivity contribution >= 4 is 11.7 Å². The lowest BCUT2D eigenvalue weighted by Gasteiger charge is -2.44. The Morgan fingerprint density at radius 3 is 2.58 bits per heavy atom. The second-order valence-corrected chi connectivity index (χ2v) is 5.86. The van der Waals surface area contributed by atoms with Gasteiger partial charge in [-0.2, -0.15) is 0 Å². The minimum atomic E-state index is -0.812. The minimum absolute atomic E-state index is 0.180. The van der Waals surface area contributed by atoms with Gasteiger partial charge in [0.05, 0.1) is 0 Å². The van der Waals surface area contributed by atoms with E-state index >= 15 is 0 Å². The first-order valence-electron chi connectivity index (χ1n) is 7.13. The van der Waals surface area contributed by atoms with Crippen molar-refractivity contribution in [2.45, 2.75) is 45.1 Å². The van der Waals surface area contributed by atoms with Crippen molar-refractivity contribution in [3.63, 3.8) is 0 Å². The summed E-state index contributed by atoms with van der Waals surface area (Å²) in [6.45, 7) is 4.25. The summed E-state index contributed by atoms with van der Waals surface area (Å²) in [4.78, 5) is 11.9. The first-order valence-corrected chi connectivity index (χ1v) is 7.13. The third-order valence-electron chi connectivity index (χ3n) is 4.30. The topological polar surface area (TPSA) is 49.3 Å². The van der Waals surface area contributed by atoms with Crippen molar-refractivity contribution in [1.29, 1.82) is 0 Å². The van der Waals surface area contributed by atoms with E-state index in [1.54, 1.807) is 0 Å². The molecule has 19 heavy (non-hydrogen) atoms. The number of hydrogen-bond donors (Lipinski definition) is 2. The Bertz CT molecular complexity index is 430. The number of benzene rings is 1. The first-order chi connectivity index (χ1) is 9.06. The van der Waals surface area contributed by atoms with E-state index in [2.05, 4.69) is 19.2 Å². The van der Waals surface area contributed by atoms with Crippen LogP contribution in [-0.4, -0.2) is 16.6 Å². The third kappa shape index (κ3) is 2.75. The van der Waals surface area contributed by atoms with E-state index in [0.717, 1.165) is 24.9 Å². The van der Waals surface area contributed by atoms with Crippen LogP contribution in [-0.2, 0) is 4.79 Å². The number of aliphatic carboxylic acids is 1. The van der Waals surface area contributed by atoms with Crippen LogP contribution in [0.5, 0.6) is 0 Å². The van der Waals surface area contributed by atoms with Crippen molar-refractivity contribution in [3.8, 4) is 0 Å². The van der Waals surface area contributed by atoms with E-state index in [-0.39, 0.29) is 5.92 Å². The maximum absolute atomic E-state index is 11.9. The normalized spacial score (nSPS) is 27.2. The number of rotatable bonds is 4. The van der Waals surface area contributed by atoms with Crippen LogP contribution in [0.2, 0.25) is 0 Å². The van der Waals surface area contributed by atoms with E-state index in [1.165, 1.54) is 0 Å². The van der Waals surface area contributed by atoms with Gasteiger partial charge in [0.25, 0.3) is 0 Å². The molecule has 2 atom stereocenters. The van der Waals surface area contributed by atoms with Gasteiger partial charge in [-0.1, -0.05) is 44.9 Å². The number of nitrogens with one attached hydrogen (secondary N) is 1. The molecular weight excluding hydrogens is 238 g/mol. The molecule has 2 rings (SSSR count). The maximum Gasteiger partial charge on any atom is 0.329 e. The van der Waals surface area contributed by atoms with Gasteiger partial charge in [-0.05, 0) is 36.8 Å². The monoisotopic (exact) mass is 261 g/mol. The fourth-order valence-electron chi connectivity index (χ4n) is 3.36. The van der Waals surface area contributed by atoms with Gasteiger partial charge in [0, 0.05) is 5.69 Å². The molecule has 0 bridgehead atoms. The van der Waals surface area contributed by atoms with Crippen molar-refractivity contribution in [3.05, 3.63) is 30.3 Å². The molecule has 1 aromatic rings. The molecular formula is C16H23NO2. The maximum atomic E-state index is 11.9. The van der Waals surface area contributed by atoms with Crippen LogP contribution in [0.3, 0.4) is 0 Å². The molecule has 0 radical (unpaired) electrons. The van der Waals surface area contributed by atoms with Crippen molar-refractivity contribution < 1.29 is 9.90 Å². The molecule has 0 aliphatic heterocycles. The molecule has 0 heterocycles. The molecule has 0 saturated heterocycles. The fourth-order valence-corrected chi connectivity index (χ4v) is 3.36. The number of anilines is 1. The molecule has 3 nitrogen and oxygen atoms in total. The summed E-state index contributed by atoms with van der Waals surface area (Å²) >= 11 is 0. The Kier molecular flexibility index (Phi) is 4.13. The van der Waals surface area contributed by atoms with Crippen molar-refractivity contribution in [1.82, 2.24) is 0 Å². The van der Waals surface area contributed by atoms with Crippen molar-refractivity contribution in [2.75, 3.05) is 5.32 Å². The molecule has 2 N–H and O–H groups in total. The van der Waals surface area contributed by atoms with E-state index < -0.39 is 11.5 Å². The quantitative estimate of drug-likeness (QED) is 0.867. The van der Waals surface area contributed by atoms with E-state index in [9.17, 15) is 9.90 Å². The average Bonchev–Trinajstić information content (AvgIpc) is 2.40. The summed E-state index contributed by atoms with van der Waals surface area (Å²) in [7, 11) is 0. The van der Waals surface area contributed by atoms with Gasteiger partial charge in [0.1, 0.15) is 5.54 Å². The zero-order valence-corrected chi connectivity index (χ0v) is 11.7. The van der Waals surface area contributed by atoms with Crippen LogP contribution >= 0.6 is 0 Å². The first kappa shape index (κ1) is 13.9. The predicted octanol–water partition coefficient (Wildman–Crippen LogP) is 3.77. The molecule has 1 saturated carbocycles. The highest BCUT2D eigenvalue weighted by molar-refractivity contribution is 5.83. The van der Waals surface area contributed by atoms with Gasteiger partial charge in [-0.15, -0.1) is 0 Å². The van der Waals surface area contributed by atoms with Gasteiger partial charge >= 0.3 is 5.97 Å². The smallest absolute Gasteiger partial charge is 0.329 e. The summed E-state index contributed by atoms with van der Waals surface area (Å²) in [5.41, 5.74) is 0.0887. The van der Waals surface area contributed by atoms with Crippen LogP contribution in [0.15, 0.2) is 30.3 Å². The Morgan fingerprint density at radius 2 is 2.00 bits per heavy atom. The molecule has 0 spiro atoms. The minimum Gasteiger partial charge on any atom is -0.479 e. The van der Waals surface area contributed by atoms with Crippen LogP contribution < -0.4 is 5.32 Å². The number of carboxylic acid groups (broad SMARTS) is 1. The lowest BCUT2D eigenvalue weighted by Crippen LogP contribution is -2.55. The molecule has 1 aromatic carbocycles. The molecule has 3 heteroatoms. The lowest BCUT2D eigenvalue weighted by molar-refractivity contribution is -0.146. The molecule has 2 unspecified atom stereocenters. The Balaban J connectivity index is 2.32. The van der Waals surface area contributed by atoms with Gasteiger partial charge in [-0.3, -0.25) is 0 Å². The summed E-state index contributed by atoms with van der Waals surface area (Å²) in [5, 5.41) is 13.1. The zero-order chi connectivity index (χ0) is 13.9. The molecule has 0 aromatic heterocycles. The second kappa shape index (κ2) is 5.64. The number of carboxylic acids is 1.